The van der Waals surface area contributed by atoms with Gasteiger partial charge in [0.05, 0.1) is 17.0 Å². The second-order valence-corrected chi connectivity index (χ2v) is 14.9. The molecule has 8 aromatic rings. The van der Waals surface area contributed by atoms with Gasteiger partial charge in [-0.15, -0.1) is 0 Å². The summed E-state index contributed by atoms with van der Waals surface area (Å²) in [4.78, 5) is 10.6. The molecule has 1 atom stereocenters. The van der Waals surface area contributed by atoms with Gasteiger partial charge in [0.25, 0.3) is 0 Å². The molecule has 272 valence electrons. The molecule has 2 heterocycles. The summed E-state index contributed by atoms with van der Waals surface area (Å²) in [5.41, 5.74) is 14.5. The molecule has 0 bridgehead atoms. The van der Waals surface area contributed by atoms with Crippen LogP contribution < -0.4 is 10.1 Å². The number of amidine groups is 2. The molecule has 58 heavy (non-hydrogen) atoms. The lowest BCUT2D eigenvalue weighted by Crippen LogP contribution is -2.36. The molecule has 1 aliphatic carbocycles. The van der Waals surface area contributed by atoms with Crippen LogP contribution in [0, 0.1) is 11.3 Å². The van der Waals surface area contributed by atoms with Gasteiger partial charge < -0.3 is 10.1 Å². The van der Waals surface area contributed by atoms with Gasteiger partial charge in [-0.1, -0.05) is 164 Å². The maximum absolute atomic E-state index is 9.36. The van der Waals surface area contributed by atoms with Crippen molar-refractivity contribution < 1.29 is 4.74 Å². The molecule has 8 aromatic carbocycles. The number of hydrogen-bond donors (Lipinski definition) is 1. The van der Waals surface area contributed by atoms with Crippen molar-refractivity contribution in [2.24, 2.45) is 9.98 Å². The molecule has 5 heteroatoms. The van der Waals surface area contributed by atoms with Crippen molar-refractivity contribution in [2.45, 2.75) is 11.6 Å². The maximum Gasteiger partial charge on any atom is 0.169 e. The Kier molecular flexibility index (Phi) is 7.77. The summed E-state index contributed by atoms with van der Waals surface area (Å²) < 4.78 is 6.57. The van der Waals surface area contributed by atoms with E-state index in [4.69, 9.17) is 14.7 Å². The normalized spacial score (nSPS) is 15.3. The van der Waals surface area contributed by atoms with E-state index in [-0.39, 0.29) is 0 Å². The van der Waals surface area contributed by atoms with Crippen LogP contribution in [-0.2, 0) is 5.41 Å². The van der Waals surface area contributed by atoms with E-state index in [1.807, 2.05) is 54.6 Å². The SMILES string of the molecule is N#Cc1cccc(-c2ccc(-c3ccc(C4=NC(c5ccc6c(c5)C5(c7ccccc7Oc7ccccc75)c5ccccc5-6)N=C(c5ccccc5)N4)cc3)cc2)c1. The summed E-state index contributed by atoms with van der Waals surface area (Å²) in [6.07, 6.45) is -0.491. The van der Waals surface area contributed by atoms with Crippen LogP contribution in [-0.4, -0.2) is 11.7 Å². The van der Waals surface area contributed by atoms with Crippen LogP contribution in [0.15, 0.2) is 204 Å². The molecule has 1 spiro atoms. The fourth-order valence-corrected chi connectivity index (χ4v) is 8.97. The maximum atomic E-state index is 9.36. The number of aliphatic imine (C=N–C) groups is 2. The van der Waals surface area contributed by atoms with Gasteiger partial charge in [0.1, 0.15) is 23.2 Å². The molecule has 0 aromatic heterocycles. The van der Waals surface area contributed by atoms with Crippen molar-refractivity contribution in [1.82, 2.24) is 5.32 Å². The topological polar surface area (TPSA) is 69.8 Å². The van der Waals surface area contributed by atoms with E-state index in [9.17, 15) is 5.26 Å². The van der Waals surface area contributed by atoms with E-state index in [2.05, 4.69) is 151 Å². The van der Waals surface area contributed by atoms with E-state index < -0.39 is 11.6 Å². The molecular weight excluding hydrogens is 709 g/mol. The van der Waals surface area contributed by atoms with Crippen molar-refractivity contribution in [2.75, 3.05) is 0 Å². The molecule has 2 aliphatic heterocycles. The largest absolute Gasteiger partial charge is 0.457 e. The predicted molar refractivity (Wildman–Crippen MR) is 231 cm³/mol. The van der Waals surface area contributed by atoms with Crippen LogP contribution in [0.5, 0.6) is 11.5 Å². The van der Waals surface area contributed by atoms with Crippen LogP contribution in [0.25, 0.3) is 33.4 Å². The van der Waals surface area contributed by atoms with Crippen molar-refractivity contribution in [3.63, 3.8) is 0 Å². The Balaban J connectivity index is 1.01. The first kappa shape index (κ1) is 33.5. The van der Waals surface area contributed by atoms with Gasteiger partial charge in [0.15, 0.2) is 6.17 Å². The second kappa shape index (κ2) is 13.4. The summed E-state index contributed by atoms with van der Waals surface area (Å²) in [5.74, 6) is 3.27. The Morgan fingerprint density at radius 2 is 0.966 bits per heavy atom. The Morgan fingerprint density at radius 1 is 0.448 bits per heavy atom. The van der Waals surface area contributed by atoms with Gasteiger partial charge in [-0.2, -0.15) is 5.26 Å². The van der Waals surface area contributed by atoms with Crippen molar-refractivity contribution in [3.05, 3.63) is 239 Å². The van der Waals surface area contributed by atoms with E-state index in [0.29, 0.717) is 5.56 Å². The smallest absolute Gasteiger partial charge is 0.169 e. The lowest BCUT2D eigenvalue weighted by Gasteiger charge is -2.39. The molecule has 0 radical (unpaired) electrons. The molecule has 0 saturated heterocycles. The van der Waals surface area contributed by atoms with Crippen molar-refractivity contribution >= 4 is 11.7 Å². The van der Waals surface area contributed by atoms with Crippen LogP contribution in [0.4, 0.5) is 0 Å². The van der Waals surface area contributed by atoms with Gasteiger partial charge in [0, 0.05) is 22.3 Å². The monoisotopic (exact) mass is 742 g/mol. The highest BCUT2D eigenvalue weighted by atomic mass is 16.5. The standard InChI is InChI=1S/C53H34N4O/c54-33-34-11-10-14-40(31-34)37-23-21-35(22-24-37)36-25-27-39(28-26-36)51-55-50(38-12-2-1-3-13-38)56-52(57-51)41-29-30-43-42-15-4-5-16-44(42)53(47(43)32-41)45-17-6-8-19-48(45)58-49-20-9-7-18-46(49)53/h1-32,52H,(H,55,56,57). The molecule has 1 unspecified atom stereocenters. The number of rotatable bonds is 5. The van der Waals surface area contributed by atoms with Gasteiger partial charge in [0.2, 0.25) is 0 Å². The molecule has 0 saturated carbocycles. The number of benzene rings is 8. The van der Waals surface area contributed by atoms with E-state index in [0.717, 1.165) is 73.2 Å². The summed E-state index contributed by atoms with van der Waals surface area (Å²) >= 11 is 0. The average Bonchev–Trinajstić information content (AvgIpc) is 3.59. The number of para-hydroxylation sites is 2. The highest BCUT2D eigenvalue weighted by Gasteiger charge is 2.51. The van der Waals surface area contributed by atoms with Crippen molar-refractivity contribution in [1.29, 1.82) is 5.26 Å². The number of fused-ring (bicyclic) bond motifs is 9. The Labute approximate surface area is 336 Å². The lowest BCUT2D eigenvalue weighted by molar-refractivity contribution is 0.436. The number of ether oxygens (including phenoxy) is 1. The first-order valence-electron chi connectivity index (χ1n) is 19.5. The molecule has 11 rings (SSSR count). The van der Waals surface area contributed by atoms with Crippen LogP contribution >= 0.6 is 0 Å². The van der Waals surface area contributed by atoms with Gasteiger partial charge in [-0.3, -0.25) is 0 Å². The number of hydrogen-bond acceptors (Lipinski definition) is 5. The molecule has 1 N–H and O–H groups in total. The third-order valence-electron chi connectivity index (χ3n) is 11.7. The van der Waals surface area contributed by atoms with E-state index in [1.165, 1.54) is 22.3 Å². The van der Waals surface area contributed by atoms with Crippen LogP contribution in [0.3, 0.4) is 0 Å². The van der Waals surface area contributed by atoms with Gasteiger partial charge >= 0.3 is 0 Å². The molecule has 0 amide bonds. The summed E-state index contributed by atoms with van der Waals surface area (Å²) in [6, 6.07) is 69.7. The number of nitriles is 1. The third-order valence-corrected chi connectivity index (χ3v) is 11.7. The van der Waals surface area contributed by atoms with Crippen LogP contribution in [0.2, 0.25) is 0 Å². The highest BCUT2D eigenvalue weighted by molar-refractivity contribution is 6.16. The van der Waals surface area contributed by atoms with Crippen LogP contribution in [0.1, 0.15) is 50.7 Å². The first-order valence-corrected chi connectivity index (χ1v) is 19.5. The Bertz CT molecular complexity index is 2970. The average molecular weight is 743 g/mol. The number of nitrogens with one attached hydrogen (secondary N) is 1. The molecule has 5 nitrogen and oxygen atoms in total. The van der Waals surface area contributed by atoms with Gasteiger partial charge in [-0.05, 0) is 80.4 Å². The predicted octanol–water partition coefficient (Wildman–Crippen LogP) is 11.9. The fourth-order valence-electron chi connectivity index (χ4n) is 8.97. The first-order chi connectivity index (χ1) is 28.7. The Morgan fingerprint density at radius 3 is 1.62 bits per heavy atom. The van der Waals surface area contributed by atoms with E-state index >= 15 is 0 Å². The minimum absolute atomic E-state index is 0.491. The fraction of sp³-hybridized carbons (Fsp3) is 0.0377. The van der Waals surface area contributed by atoms with Gasteiger partial charge in [-0.25, -0.2) is 9.98 Å². The minimum Gasteiger partial charge on any atom is -0.457 e. The zero-order valence-electron chi connectivity index (χ0n) is 31.3. The Hall–Kier alpha value is -7.81. The number of nitrogens with zero attached hydrogens (tertiary/aromatic N) is 3. The third kappa shape index (κ3) is 5.31. The van der Waals surface area contributed by atoms with E-state index in [1.54, 1.807) is 0 Å². The minimum atomic E-state index is -0.576. The quantitative estimate of drug-likeness (QED) is 0.191. The second-order valence-electron chi connectivity index (χ2n) is 14.9. The highest BCUT2D eigenvalue weighted by Crippen LogP contribution is 2.62. The summed E-state index contributed by atoms with van der Waals surface area (Å²) in [6.45, 7) is 0. The molecule has 3 aliphatic rings. The zero-order chi connectivity index (χ0) is 38.6. The lowest BCUT2D eigenvalue weighted by atomic mass is 9.66. The molecular formula is C53H34N4O. The zero-order valence-corrected chi connectivity index (χ0v) is 31.3. The van der Waals surface area contributed by atoms with Crippen molar-refractivity contribution in [3.8, 4) is 50.9 Å². The molecule has 0 fully saturated rings. The summed E-state index contributed by atoms with van der Waals surface area (Å²) in [5, 5.41) is 13.0. The summed E-state index contributed by atoms with van der Waals surface area (Å²) in [7, 11) is 0.